The summed E-state index contributed by atoms with van der Waals surface area (Å²) in [4.78, 5) is 25.4. The number of nitrogens with zero attached hydrogens (tertiary/aromatic N) is 1. The van der Waals surface area contributed by atoms with Gasteiger partial charge in [-0.3, -0.25) is 0 Å². The highest BCUT2D eigenvalue weighted by atomic mass is 79.9. The topological polar surface area (TPSA) is 57.5 Å². The molecule has 0 atom stereocenters. The molecule has 3 aromatic rings. The molecular formula is C24H24BrNO4. The molecule has 0 radical (unpaired) electrons. The second kappa shape index (κ2) is 8.88. The first-order valence-electron chi connectivity index (χ1n) is 9.69. The van der Waals surface area contributed by atoms with Crippen molar-refractivity contribution in [2.45, 2.75) is 33.3 Å². The lowest BCUT2D eigenvalue weighted by Gasteiger charge is -2.21. The van der Waals surface area contributed by atoms with Gasteiger partial charge in [-0.2, -0.15) is 0 Å². The Morgan fingerprint density at radius 2 is 1.67 bits per heavy atom. The molecule has 0 aliphatic carbocycles. The third kappa shape index (κ3) is 4.65. The van der Waals surface area contributed by atoms with Crippen LogP contribution in [0.2, 0.25) is 0 Å². The van der Waals surface area contributed by atoms with Gasteiger partial charge < -0.3 is 9.47 Å². The number of carbonyl (C=O) groups excluding carboxylic acids is 2. The van der Waals surface area contributed by atoms with Crippen LogP contribution in [0.1, 0.15) is 33.3 Å². The number of aromatic nitrogens is 1. The minimum atomic E-state index is -0.655. The number of para-hydroxylation sites is 1. The van der Waals surface area contributed by atoms with Gasteiger partial charge in [-0.05, 0) is 61.3 Å². The minimum absolute atomic E-state index is 0.271. The van der Waals surface area contributed by atoms with Gasteiger partial charge in [-0.1, -0.05) is 48.5 Å². The third-order valence-electron chi connectivity index (χ3n) is 4.28. The number of ether oxygens (including phenoxy) is 2. The Labute approximate surface area is 184 Å². The van der Waals surface area contributed by atoms with Gasteiger partial charge >= 0.3 is 12.1 Å². The molecule has 5 nitrogen and oxygen atoms in total. The van der Waals surface area contributed by atoms with Crippen LogP contribution in [0, 0.1) is 0 Å². The SMILES string of the molecule is CCOC(=O)/C(Br)=C/c1c(-c2ccccc2)n(C(=O)OC(C)(C)C)c2ccccc12. The highest BCUT2D eigenvalue weighted by molar-refractivity contribution is 9.12. The van der Waals surface area contributed by atoms with Crippen LogP contribution in [-0.4, -0.2) is 28.8 Å². The van der Waals surface area contributed by atoms with E-state index in [9.17, 15) is 9.59 Å². The third-order valence-corrected chi connectivity index (χ3v) is 4.83. The Morgan fingerprint density at radius 1 is 1.03 bits per heavy atom. The molecule has 0 N–H and O–H groups in total. The van der Waals surface area contributed by atoms with Crippen molar-refractivity contribution in [3.63, 3.8) is 0 Å². The Hall–Kier alpha value is -2.86. The second-order valence-electron chi connectivity index (χ2n) is 7.67. The molecule has 6 heteroatoms. The highest BCUT2D eigenvalue weighted by Crippen LogP contribution is 2.36. The highest BCUT2D eigenvalue weighted by Gasteiger charge is 2.26. The molecule has 0 unspecified atom stereocenters. The van der Waals surface area contributed by atoms with Crippen LogP contribution in [0.4, 0.5) is 4.79 Å². The van der Waals surface area contributed by atoms with Gasteiger partial charge in [0, 0.05) is 10.9 Å². The minimum Gasteiger partial charge on any atom is -0.462 e. The maximum Gasteiger partial charge on any atom is 0.419 e. The van der Waals surface area contributed by atoms with Crippen LogP contribution in [0.25, 0.3) is 28.2 Å². The standard InChI is InChI=1S/C24H24BrNO4/c1-5-29-22(27)19(25)15-18-17-13-9-10-14-20(17)26(23(28)30-24(2,3)4)21(18)16-11-7-6-8-12-16/h6-15H,5H2,1-4H3/b19-15-. The summed E-state index contributed by atoms with van der Waals surface area (Å²) in [7, 11) is 0. The lowest BCUT2D eigenvalue weighted by atomic mass is 10.0. The van der Waals surface area contributed by atoms with Crippen LogP contribution in [0.3, 0.4) is 0 Å². The molecule has 0 bridgehead atoms. The molecule has 0 saturated heterocycles. The summed E-state index contributed by atoms with van der Waals surface area (Å²) < 4.78 is 12.6. The van der Waals surface area contributed by atoms with E-state index in [2.05, 4.69) is 15.9 Å². The summed E-state index contributed by atoms with van der Waals surface area (Å²) in [5.41, 5.74) is 2.24. The van der Waals surface area contributed by atoms with E-state index in [1.165, 1.54) is 0 Å². The lowest BCUT2D eigenvalue weighted by molar-refractivity contribution is -0.137. The molecule has 0 amide bonds. The van der Waals surface area contributed by atoms with Crippen molar-refractivity contribution >= 4 is 45.0 Å². The zero-order valence-corrected chi connectivity index (χ0v) is 19.0. The largest absolute Gasteiger partial charge is 0.462 e. The monoisotopic (exact) mass is 469 g/mol. The molecule has 1 aromatic heterocycles. The van der Waals surface area contributed by atoms with Crippen molar-refractivity contribution in [1.29, 1.82) is 0 Å². The Morgan fingerprint density at radius 3 is 2.30 bits per heavy atom. The quantitative estimate of drug-likeness (QED) is 0.328. The van der Waals surface area contributed by atoms with E-state index in [4.69, 9.17) is 9.47 Å². The molecule has 156 valence electrons. The van der Waals surface area contributed by atoms with Crippen molar-refractivity contribution in [3.8, 4) is 11.3 Å². The number of benzene rings is 2. The predicted octanol–water partition coefficient (Wildman–Crippen LogP) is 6.39. The van der Waals surface area contributed by atoms with Gasteiger partial charge in [0.25, 0.3) is 0 Å². The molecule has 0 spiro atoms. The smallest absolute Gasteiger partial charge is 0.419 e. The van der Waals surface area contributed by atoms with Crippen LogP contribution < -0.4 is 0 Å². The first-order chi connectivity index (χ1) is 14.2. The van der Waals surface area contributed by atoms with Crippen LogP contribution in [0.15, 0.2) is 59.1 Å². The first kappa shape index (κ1) is 21.8. The fourth-order valence-corrected chi connectivity index (χ4v) is 3.52. The number of esters is 1. The molecule has 1 heterocycles. The summed E-state index contributed by atoms with van der Waals surface area (Å²) in [5, 5.41) is 0.823. The van der Waals surface area contributed by atoms with Gasteiger partial charge in [0.1, 0.15) is 10.1 Å². The molecule has 0 fully saturated rings. The summed E-state index contributed by atoms with van der Waals surface area (Å²) in [6.07, 6.45) is 1.22. The van der Waals surface area contributed by atoms with E-state index in [-0.39, 0.29) is 11.1 Å². The van der Waals surface area contributed by atoms with E-state index in [1.807, 2.05) is 75.4 Å². The molecule has 30 heavy (non-hydrogen) atoms. The average molecular weight is 470 g/mol. The van der Waals surface area contributed by atoms with Crippen LogP contribution >= 0.6 is 15.9 Å². The van der Waals surface area contributed by atoms with Crippen molar-refractivity contribution < 1.29 is 19.1 Å². The number of hydrogen-bond acceptors (Lipinski definition) is 4. The van der Waals surface area contributed by atoms with Gasteiger partial charge in [-0.15, -0.1) is 0 Å². The Kier molecular flexibility index (Phi) is 6.46. The number of rotatable bonds is 4. The van der Waals surface area contributed by atoms with Crippen molar-refractivity contribution in [2.75, 3.05) is 6.61 Å². The van der Waals surface area contributed by atoms with Gasteiger partial charge in [-0.25, -0.2) is 14.2 Å². The van der Waals surface area contributed by atoms with Crippen LogP contribution in [0.5, 0.6) is 0 Å². The summed E-state index contributed by atoms with van der Waals surface area (Å²) in [6, 6.07) is 17.1. The van der Waals surface area contributed by atoms with Crippen molar-refractivity contribution in [2.24, 2.45) is 0 Å². The fraction of sp³-hybridized carbons (Fsp3) is 0.250. The first-order valence-corrected chi connectivity index (χ1v) is 10.5. The molecule has 2 aromatic carbocycles. The van der Waals surface area contributed by atoms with Crippen molar-refractivity contribution in [1.82, 2.24) is 4.57 Å². The van der Waals surface area contributed by atoms with E-state index in [1.54, 1.807) is 17.6 Å². The number of fused-ring (bicyclic) bond motifs is 1. The fourth-order valence-electron chi connectivity index (χ4n) is 3.17. The van der Waals surface area contributed by atoms with Gasteiger partial charge in [0.05, 0.1) is 17.8 Å². The Balaban J connectivity index is 2.34. The normalized spacial score (nSPS) is 12.1. The molecule has 3 rings (SSSR count). The maximum atomic E-state index is 13.2. The molecule has 0 saturated carbocycles. The molecule has 0 aliphatic rings. The van der Waals surface area contributed by atoms with E-state index in [0.717, 1.165) is 16.5 Å². The van der Waals surface area contributed by atoms with E-state index < -0.39 is 17.7 Å². The molecule has 0 aliphatic heterocycles. The summed E-state index contributed by atoms with van der Waals surface area (Å²) in [6.45, 7) is 7.51. The number of hydrogen-bond donors (Lipinski definition) is 0. The zero-order valence-electron chi connectivity index (χ0n) is 17.4. The Bertz CT molecular complexity index is 1110. The van der Waals surface area contributed by atoms with E-state index >= 15 is 0 Å². The predicted molar refractivity (Wildman–Crippen MR) is 123 cm³/mol. The van der Waals surface area contributed by atoms with Crippen LogP contribution in [-0.2, 0) is 14.3 Å². The number of carbonyl (C=O) groups is 2. The second-order valence-corrected chi connectivity index (χ2v) is 8.53. The van der Waals surface area contributed by atoms with E-state index in [0.29, 0.717) is 11.2 Å². The van der Waals surface area contributed by atoms with Gasteiger partial charge in [0.2, 0.25) is 0 Å². The lowest BCUT2D eigenvalue weighted by Crippen LogP contribution is -2.27. The maximum absolute atomic E-state index is 13.2. The van der Waals surface area contributed by atoms with Crippen molar-refractivity contribution in [3.05, 3.63) is 64.6 Å². The molecular weight excluding hydrogens is 446 g/mol. The average Bonchev–Trinajstić information content (AvgIpc) is 3.02. The summed E-state index contributed by atoms with van der Waals surface area (Å²) in [5.74, 6) is -0.467. The number of halogens is 1. The summed E-state index contributed by atoms with van der Waals surface area (Å²) >= 11 is 3.33. The van der Waals surface area contributed by atoms with Gasteiger partial charge in [0.15, 0.2) is 0 Å². The zero-order chi connectivity index (χ0) is 21.9.